The van der Waals surface area contributed by atoms with Crippen molar-refractivity contribution < 1.29 is 14.3 Å². The van der Waals surface area contributed by atoms with E-state index in [2.05, 4.69) is 9.97 Å². The number of thiophene rings is 1. The molecule has 0 saturated heterocycles. The van der Waals surface area contributed by atoms with Gasteiger partial charge in [0, 0.05) is 18.5 Å². The van der Waals surface area contributed by atoms with E-state index >= 15 is 0 Å². The molecule has 0 radical (unpaired) electrons. The fraction of sp³-hybridized carbons (Fsp3) is 0.316. The number of nitrogens with zero attached hydrogens (tertiary/aromatic N) is 3. The normalized spacial score (nSPS) is 13.5. The van der Waals surface area contributed by atoms with Gasteiger partial charge in [-0.1, -0.05) is 11.8 Å². The molecule has 1 amide bonds. The Morgan fingerprint density at radius 1 is 1.22 bits per heavy atom. The molecule has 1 aromatic carbocycles. The minimum absolute atomic E-state index is 0.113. The third kappa shape index (κ3) is 3.59. The Bertz CT molecular complexity index is 989. The Kier molecular flexibility index (Phi) is 5.18. The molecule has 3 aromatic rings. The summed E-state index contributed by atoms with van der Waals surface area (Å²) in [5, 5.41) is 3.87. The second-order valence-electron chi connectivity index (χ2n) is 6.15. The van der Waals surface area contributed by atoms with Gasteiger partial charge in [-0.2, -0.15) is 0 Å². The van der Waals surface area contributed by atoms with Crippen LogP contribution in [0.25, 0.3) is 10.2 Å². The molecule has 0 spiro atoms. The molecule has 6 nitrogen and oxygen atoms in total. The van der Waals surface area contributed by atoms with Crippen LogP contribution in [0.3, 0.4) is 0 Å². The minimum Gasteiger partial charge on any atom is -0.493 e. The maximum Gasteiger partial charge on any atom is 0.233 e. The largest absolute Gasteiger partial charge is 0.493 e. The van der Waals surface area contributed by atoms with Gasteiger partial charge in [0.05, 0.1) is 20.0 Å². The first-order valence-corrected chi connectivity index (χ1v) is 10.4. The number of aromatic nitrogens is 2. The van der Waals surface area contributed by atoms with Crippen molar-refractivity contribution >= 4 is 39.2 Å². The number of carbonyl (C=O) groups excluding carboxylic acids is 1. The molecule has 140 valence electrons. The second kappa shape index (κ2) is 7.74. The molecule has 2 aromatic heterocycles. The first kappa shape index (κ1) is 18.1. The zero-order valence-electron chi connectivity index (χ0n) is 15.1. The van der Waals surface area contributed by atoms with E-state index in [9.17, 15) is 4.79 Å². The standard InChI is InChI=1S/C19H19N3O3S2/c1-24-15-7-12-3-5-22(9-13(12)8-16(15)25-2)17(23)10-27-19-14-4-6-26-18(14)20-11-21-19/h4,6-8,11H,3,5,9-10H2,1-2H3. The van der Waals surface area contributed by atoms with E-state index in [1.54, 1.807) is 31.9 Å². The van der Waals surface area contributed by atoms with E-state index in [0.29, 0.717) is 24.6 Å². The molecule has 3 heterocycles. The van der Waals surface area contributed by atoms with Gasteiger partial charge >= 0.3 is 0 Å². The molecular formula is C19H19N3O3S2. The van der Waals surface area contributed by atoms with Crippen molar-refractivity contribution in [2.75, 3.05) is 26.5 Å². The predicted octanol–water partition coefficient (Wildman–Crippen LogP) is 3.39. The number of ether oxygens (including phenoxy) is 2. The maximum absolute atomic E-state index is 12.7. The zero-order valence-corrected chi connectivity index (χ0v) is 16.7. The minimum atomic E-state index is 0.113. The molecule has 1 aliphatic rings. The molecule has 1 aliphatic heterocycles. The molecular weight excluding hydrogens is 382 g/mol. The van der Waals surface area contributed by atoms with Crippen LogP contribution in [-0.2, 0) is 17.8 Å². The number of rotatable bonds is 5. The highest BCUT2D eigenvalue weighted by atomic mass is 32.2. The van der Waals surface area contributed by atoms with E-state index in [0.717, 1.165) is 33.0 Å². The topological polar surface area (TPSA) is 64.6 Å². The van der Waals surface area contributed by atoms with Crippen LogP contribution in [0.2, 0.25) is 0 Å². The lowest BCUT2D eigenvalue weighted by molar-refractivity contribution is -0.129. The maximum atomic E-state index is 12.7. The Morgan fingerprint density at radius 2 is 2.00 bits per heavy atom. The van der Waals surface area contributed by atoms with Crippen molar-refractivity contribution in [2.24, 2.45) is 0 Å². The number of fused-ring (bicyclic) bond motifs is 2. The third-order valence-electron chi connectivity index (χ3n) is 4.63. The molecule has 0 bridgehead atoms. The summed E-state index contributed by atoms with van der Waals surface area (Å²) in [6, 6.07) is 5.99. The van der Waals surface area contributed by atoms with Gasteiger partial charge in [0.15, 0.2) is 11.5 Å². The summed E-state index contributed by atoms with van der Waals surface area (Å²) in [5.74, 6) is 1.91. The number of thioether (sulfide) groups is 1. The number of carbonyl (C=O) groups is 1. The second-order valence-corrected chi connectivity index (χ2v) is 8.01. The average molecular weight is 402 g/mol. The lowest BCUT2D eigenvalue weighted by atomic mass is 9.99. The van der Waals surface area contributed by atoms with Crippen LogP contribution >= 0.6 is 23.1 Å². The van der Waals surface area contributed by atoms with E-state index in [-0.39, 0.29) is 5.91 Å². The van der Waals surface area contributed by atoms with Gasteiger partial charge in [0.1, 0.15) is 16.2 Å². The van der Waals surface area contributed by atoms with Crippen LogP contribution in [0.4, 0.5) is 0 Å². The fourth-order valence-electron chi connectivity index (χ4n) is 3.20. The highest BCUT2D eigenvalue weighted by Gasteiger charge is 2.23. The summed E-state index contributed by atoms with van der Waals surface area (Å²) in [7, 11) is 3.26. The molecule has 0 saturated carbocycles. The van der Waals surface area contributed by atoms with E-state index in [1.807, 2.05) is 28.5 Å². The van der Waals surface area contributed by atoms with Crippen LogP contribution in [0.1, 0.15) is 11.1 Å². The summed E-state index contributed by atoms with van der Waals surface area (Å²) in [4.78, 5) is 24.2. The predicted molar refractivity (Wildman–Crippen MR) is 107 cm³/mol. The van der Waals surface area contributed by atoms with Crippen molar-refractivity contribution in [3.63, 3.8) is 0 Å². The fourth-order valence-corrected chi connectivity index (χ4v) is 4.88. The molecule has 27 heavy (non-hydrogen) atoms. The van der Waals surface area contributed by atoms with Gasteiger partial charge in [-0.15, -0.1) is 11.3 Å². The van der Waals surface area contributed by atoms with Gasteiger partial charge in [-0.3, -0.25) is 4.79 Å². The third-order valence-corrected chi connectivity index (χ3v) is 6.44. The van der Waals surface area contributed by atoms with Gasteiger partial charge in [0.25, 0.3) is 0 Å². The molecule has 0 unspecified atom stereocenters. The van der Waals surface area contributed by atoms with Crippen LogP contribution in [0.5, 0.6) is 11.5 Å². The van der Waals surface area contributed by atoms with Gasteiger partial charge < -0.3 is 14.4 Å². The smallest absolute Gasteiger partial charge is 0.233 e. The molecule has 0 N–H and O–H groups in total. The van der Waals surface area contributed by atoms with E-state index in [4.69, 9.17) is 9.47 Å². The molecule has 0 aliphatic carbocycles. The summed E-state index contributed by atoms with van der Waals surface area (Å²) in [6.07, 6.45) is 2.37. The summed E-state index contributed by atoms with van der Waals surface area (Å²) in [5.41, 5.74) is 2.32. The average Bonchev–Trinajstić information content (AvgIpc) is 3.19. The first-order chi connectivity index (χ1) is 13.2. The molecule has 4 rings (SSSR count). The monoisotopic (exact) mass is 401 g/mol. The summed E-state index contributed by atoms with van der Waals surface area (Å²) >= 11 is 3.05. The van der Waals surface area contributed by atoms with Gasteiger partial charge in [0.2, 0.25) is 5.91 Å². The number of hydrogen-bond acceptors (Lipinski definition) is 7. The quantitative estimate of drug-likeness (QED) is 0.482. The SMILES string of the molecule is COc1cc2c(cc1OC)CN(C(=O)CSc1ncnc3sccc13)CC2. The zero-order chi connectivity index (χ0) is 18.8. The van der Waals surface area contributed by atoms with Gasteiger partial charge in [-0.05, 0) is 41.1 Å². The van der Waals surface area contributed by atoms with Crippen molar-refractivity contribution in [1.29, 1.82) is 0 Å². The lowest BCUT2D eigenvalue weighted by Gasteiger charge is -2.29. The van der Waals surface area contributed by atoms with Gasteiger partial charge in [-0.25, -0.2) is 9.97 Å². The van der Waals surface area contributed by atoms with E-state index in [1.165, 1.54) is 17.3 Å². The highest BCUT2D eigenvalue weighted by molar-refractivity contribution is 8.00. The number of amides is 1. The number of methoxy groups -OCH3 is 2. The van der Waals surface area contributed by atoms with Crippen molar-refractivity contribution in [1.82, 2.24) is 14.9 Å². The van der Waals surface area contributed by atoms with Crippen LogP contribution in [0, 0.1) is 0 Å². The summed E-state index contributed by atoms with van der Waals surface area (Å²) in [6.45, 7) is 1.30. The van der Waals surface area contributed by atoms with Crippen molar-refractivity contribution in [2.45, 2.75) is 18.0 Å². The lowest BCUT2D eigenvalue weighted by Crippen LogP contribution is -2.37. The highest BCUT2D eigenvalue weighted by Crippen LogP contribution is 2.34. The number of benzene rings is 1. The Labute approximate surface area is 165 Å². The van der Waals surface area contributed by atoms with Crippen LogP contribution in [0.15, 0.2) is 34.9 Å². The Balaban J connectivity index is 1.45. The van der Waals surface area contributed by atoms with Crippen molar-refractivity contribution in [3.8, 4) is 11.5 Å². The molecule has 0 fully saturated rings. The Hall–Kier alpha value is -2.32. The Morgan fingerprint density at radius 3 is 2.78 bits per heavy atom. The number of hydrogen-bond donors (Lipinski definition) is 0. The van der Waals surface area contributed by atoms with Crippen molar-refractivity contribution in [3.05, 3.63) is 41.0 Å². The van der Waals surface area contributed by atoms with E-state index < -0.39 is 0 Å². The first-order valence-electron chi connectivity index (χ1n) is 8.52. The molecule has 8 heteroatoms. The summed E-state index contributed by atoms with van der Waals surface area (Å²) < 4.78 is 10.8. The van der Waals surface area contributed by atoms with Crippen LogP contribution < -0.4 is 9.47 Å². The van der Waals surface area contributed by atoms with Crippen LogP contribution in [-0.4, -0.2) is 47.3 Å². The molecule has 0 atom stereocenters.